The number of carbonyl (C=O) groups is 1. The van der Waals surface area contributed by atoms with Crippen LogP contribution in [0, 0.1) is 20.2 Å². The van der Waals surface area contributed by atoms with E-state index in [1.165, 1.54) is 24.3 Å². The second-order valence-corrected chi connectivity index (χ2v) is 4.68. The number of nitrogens with one attached hydrogen (secondary N) is 2. The Morgan fingerprint density at radius 1 is 1.21 bits per heavy atom. The van der Waals surface area contributed by atoms with E-state index in [1.807, 2.05) is 5.43 Å². The van der Waals surface area contributed by atoms with Crippen LogP contribution in [0.15, 0.2) is 29.3 Å². The number of hydrogen-bond acceptors (Lipinski definition) is 6. The average Bonchev–Trinajstić information content (AvgIpc) is 2.50. The molecule has 12 heteroatoms. The second-order valence-electron chi connectivity index (χ2n) is 4.68. The van der Waals surface area contributed by atoms with Gasteiger partial charge in [0.05, 0.1) is 4.92 Å². The van der Waals surface area contributed by atoms with Crippen LogP contribution >= 0.6 is 0 Å². The summed E-state index contributed by atoms with van der Waals surface area (Å²) in [4.78, 5) is 36.4. The summed E-state index contributed by atoms with van der Waals surface area (Å²) in [6.45, 7) is 0.225. The third kappa shape index (κ3) is 6.55. The molecule has 24 heavy (non-hydrogen) atoms. The highest BCUT2D eigenvalue weighted by atomic mass is 16.7. The van der Waals surface area contributed by atoms with Gasteiger partial charge in [-0.05, 0) is 25.0 Å². The lowest BCUT2D eigenvalue weighted by Crippen LogP contribution is -2.43. The van der Waals surface area contributed by atoms with Crippen LogP contribution in [0.3, 0.4) is 0 Å². The fraction of sp³-hybridized carbons (Fsp3) is 0.333. The molecule has 0 aliphatic carbocycles. The first kappa shape index (κ1) is 18.6. The average molecular weight is 339 g/mol. The molecule has 1 unspecified atom stereocenters. The maximum absolute atomic E-state index is 12.1. The quantitative estimate of drug-likeness (QED) is 0.155. The van der Waals surface area contributed by atoms with E-state index in [0.717, 1.165) is 0 Å². The number of amides is 1. The Balaban J connectivity index is 2.67. The Bertz CT molecular complexity index is 627. The van der Waals surface area contributed by atoms with Crippen molar-refractivity contribution >= 4 is 23.2 Å². The Hall–Kier alpha value is -3.44. The van der Waals surface area contributed by atoms with Gasteiger partial charge in [-0.3, -0.25) is 19.9 Å². The molecule has 0 fully saturated rings. The molecular weight excluding hydrogens is 322 g/mol. The molecule has 0 heterocycles. The molecule has 1 atom stereocenters. The van der Waals surface area contributed by atoms with E-state index in [-0.39, 0.29) is 30.3 Å². The van der Waals surface area contributed by atoms with Crippen LogP contribution in [0.1, 0.15) is 12.8 Å². The highest BCUT2D eigenvalue weighted by Crippen LogP contribution is 2.16. The number of anilines is 1. The predicted molar refractivity (Wildman–Crippen MR) is 85.6 cm³/mol. The summed E-state index contributed by atoms with van der Waals surface area (Å²) in [7, 11) is 0. The lowest BCUT2D eigenvalue weighted by atomic mass is 10.1. The van der Waals surface area contributed by atoms with Gasteiger partial charge in [0.25, 0.3) is 11.6 Å². The van der Waals surface area contributed by atoms with Crippen molar-refractivity contribution in [3.63, 3.8) is 0 Å². The topological polar surface area (TPSA) is 192 Å². The number of carbonyl (C=O) groups excluding carboxylic acids is 1. The Labute approximate surface area is 136 Å². The van der Waals surface area contributed by atoms with E-state index in [2.05, 4.69) is 10.3 Å². The van der Waals surface area contributed by atoms with Crippen molar-refractivity contribution < 1.29 is 14.8 Å². The number of aliphatic imine (C=N–C) groups is 1. The molecule has 0 saturated carbocycles. The molecule has 1 rings (SSSR count). The van der Waals surface area contributed by atoms with Gasteiger partial charge >= 0.3 is 0 Å². The summed E-state index contributed by atoms with van der Waals surface area (Å²) in [5.41, 5.74) is 12.4. The molecule has 0 saturated heterocycles. The summed E-state index contributed by atoms with van der Waals surface area (Å²) in [5, 5.41) is 22.8. The number of non-ortho nitro benzene ring substituents is 1. The van der Waals surface area contributed by atoms with E-state index >= 15 is 0 Å². The lowest BCUT2D eigenvalue weighted by Gasteiger charge is -2.13. The van der Waals surface area contributed by atoms with Gasteiger partial charge in [-0.2, -0.15) is 0 Å². The zero-order valence-electron chi connectivity index (χ0n) is 12.5. The number of nitrogens with two attached hydrogens (primary N) is 2. The van der Waals surface area contributed by atoms with Crippen LogP contribution in [-0.4, -0.2) is 34.4 Å². The Kier molecular flexibility index (Phi) is 6.88. The van der Waals surface area contributed by atoms with Gasteiger partial charge < -0.3 is 16.8 Å². The SMILES string of the molecule is NC(N)=NCCCC(N[N+](=O)[O-])C(=O)Nc1ccc([N+](=O)[O-])cc1. The summed E-state index contributed by atoms with van der Waals surface area (Å²) in [5.74, 6) is -0.755. The second kappa shape index (κ2) is 8.87. The van der Waals surface area contributed by atoms with E-state index in [4.69, 9.17) is 11.5 Å². The number of hydrogen-bond donors (Lipinski definition) is 4. The number of rotatable bonds is 9. The van der Waals surface area contributed by atoms with Crippen LogP contribution in [0.5, 0.6) is 0 Å². The third-order valence-electron chi connectivity index (χ3n) is 2.87. The highest BCUT2D eigenvalue weighted by Gasteiger charge is 2.22. The summed E-state index contributed by atoms with van der Waals surface area (Å²) < 4.78 is 0. The van der Waals surface area contributed by atoms with E-state index in [9.17, 15) is 25.0 Å². The van der Waals surface area contributed by atoms with Crippen LogP contribution in [0.25, 0.3) is 0 Å². The smallest absolute Gasteiger partial charge is 0.269 e. The van der Waals surface area contributed by atoms with Gasteiger partial charge in [0.2, 0.25) is 0 Å². The first-order chi connectivity index (χ1) is 11.3. The maximum Gasteiger partial charge on any atom is 0.269 e. The van der Waals surface area contributed by atoms with E-state index in [1.54, 1.807) is 0 Å². The fourth-order valence-electron chi connectivity index (χ4n) is 1.78. The molecule has 130 valence electrons. The Morgan fingerprint density at radius 2 is 1.83 bits per heavy atom. The number of nitrogens with zero attached hydrogens (tertiary/aromatic N) is 3. The number of nitro groups is 2. The molecule has 0 radical (unpaired) electrons. The summed E-state index contributed by atoms with van der Waals surface area (Å²) in [6.07, 6.45) is 0.466. The molecule has 0 aliphatic heterocycles. The molecule has 0 spiro atoms. The molecule has 0 aliphatic rings. The third-order valence-corrected chi connectivity index (χ3v) is 2.87. The van der Waals surface area contributed by atoms with Crippen LogP contribution in [0.2, 0.25) is 0 Å². The van der Waals surface area contributed by atoms with Gasteiger partial charge in [0.1, 0.15) is 0 Å². The minimum atomic E-state index is -1.11. The highest BCUT2D eigenvalue weighted by molar-refractivity contribution is 5.94. The van der Waals surface area contributed by atoms with Crippen molar-refractivity contribution in [3.05, 3.63) is 44.5 Å². The zero-order valence-corrected chi connectivity index (χ0v) is 12.5. The van der Waals surface area contributed by atoms with Crippen molar-refractivity contribution in [2.75, 3.05) is 11.9 Å². The van der Waals surface area contributed by atoms with Crippen molar-refractivity contribution in [1.82, 2.24) is 5.43 Å². The molecule has 1 aromatic carbocycles. The zero-order chi connectivity index (χ0) is 18.1. The van der Waals surface area contributed by atoms with Crippen LogP contribution < -0.4 is 22.2 Å². The van der Waals surface area contributed by atoms with Gasteiger partial charge in [-0.1, -0.05) is 0 Å². The van der Waals surface area contributed by atoms with Gasteiger partial charge in [0, 0.05) is 24.4 Å². The molecule has 0 aromatic heterocycles. The maximum atomic E-state index is 12.1. The number of benzene rings is 1. The number of hydrazine groups is 1. The van der Waals surface area contributed by atoms with Crippen LogP contribution in [0.4, 0.5) is 11.4 Å². The molecular formula is C12H17N7O5. The molecule has 0 bridgehead atoms. The largest absolute Gasteiger partial charge is 0.370 e. The normalized spacial score (nSPS) is 11.2. The van der Waals surface area contributed by atoms with Crippen LogP contribution in [-0.2, 0) is 4.79 Å². The fourth-order valence-corrected chi connectivity index (χ4v) is 1.78. The van der Waals surface area contributed by atoms with Gasteiger partial charge in [0.15, 0.2) is 17.0 Å². The summed E-state index contributed by atoms with van der Waals surface area (Å²) >= 11 is 0. The minimum Gasteiger partial charge on any atom is -0.370 e. The number of guanidine groups is 1. The molecule has 1 aromatic rings. The van der Waals surface area contributed by atoms with Crippen molar-refractivity contribution in [2.45, 2.75) is 18.9 Å². The Morgan fingerprint density at radius 3 is 2.33 bits per heavy atom. The molecule has 12 nitrogen and oxygen atoms in total. The first-order valence-electron chi connectivity index (χ1n) is 6.81. The molecule has 6 N–H and O–H groups in total. The predicted octanol–water partition coefficient (Wildman–Crippen LogP) is -0.263. The van der Waals surface area contributed by atoms with Crippen molar-refractivity contribution in [3.8, 4) is 0 Å². The standard InChI is InChI=1S/C12H17N7O5/c13-12(14)15-7-1-2-10(17-19(23)24)11(20)16-8-3-5-9(6-4-8)18(21)22/h3-6,10,17H,1-2,7H2,(H,16,20)(H4,13,14,15). The summed E-state index contributed by atoms with van der Waals surface area (Å²) in [6, 6.07) is 3.98. The van der Waals surface area contributed by atoms with Gasteiger partial charge in [-0.25, -0.2) is 10.1 Å². The van der Waals surface area contributed by atoms with E-state index < -0.39 is 21.9 Å². The molecule has 1 amide bonds. The lowest BCUT2D eigenvalue weighted by molar-refractivity contribution is -0.548. The van der Waals surface area contributed by atoms with Gasteiger partial charge in [-0.15, -0.1) is 5.43 Å². The first-order valence-corrected chi connectivity index (χ1v) is 6.81. The van der Waals surface area contributed by atoms with Crippen molar-refractivity contribution in [2.24, 2.45) is 16.5 Å². The van der Waals surface area contributed by atoms with Crippen molar-refractivity contribution in [1.29, 1.82) is 0 Å². The number of nitro benzene ring substituents is 1. The monoisotopic (exact) mass is 339 g/mol. The van der Waals surface area contributed by atoms with E-state index in [0.29, 0.717) is 6.42 Å². The minimum absolute atomic E-state index is 0.107.